The number of alkyl halides is 3. The molecule has 0 atom stereocenters. The number of carbonyl (C=O) groups is 1. The maximum absolute atomic E-state index is 13.0. The first-order valence-electron chi connectivity index (χ1n) is 7.52. The van der Waals surface area contributed by atoms with Gasteiger partial charge in [-0.05, 0) is 24.3 Å². The Kier molecular flexibility index (Phi) is 3.61. The van der Waals surface area contributed by atoms with Crippen LogP contribution in [-0.2, 0) is 6.18 Å². The Hall–Kier alpha value is -3.42. The first kappa shape index (κ1) is 16.1. The molecule has 4 rings (SSSR count). The van der Waals surface area contributed by atoms with Crippen molar-refractivity contribution in [2.75, 3.05) is 0 Å². The summed E-state index contributed by atoms with van der Waals surface area (Å²) >= 11 is 0. The van der Waals surface area contributed by atoms with E-state index in [1.807, 2.05) is 0 Å². The highest BCUT2D eigenvalue weighted by Crippen LogP contribution is 2.32. The SMILES string of the molecule is O=C(c1ccoc1)c1cnn2c(-c3cccc(C(F)(F)F)c3)ccnc12. The number of aromatic nitrogens is 3. The maximum atomic E-state index is 13.0. The Labute approximate surface area is 144 Å². The van der Waals surface area contributed by atoms with Crippen LogP contribution in [0.1, 0.15) is 21.5 Å². The number of hydrogen-bond donors (Lipinski definition) is 0. The maximum Gasteiger partial charge on any atom is 0.416 e. The second kappa shape index (κ2) is 5.83. The molecule has 3 heterocycles. The molecule has 0 radical (unpaired) electrons. The molecule has 0 amide bonds. The standard InChI is InChI=1S/C18H10F3N3O2/c19-18(20,21)13-3-1-2-11(8-13)15-4-6-22-17-14(9-23-24(15)17)16(25)12-5-7-26-10-12/h1-10H. The van der Waals surface area contributed by atoms with Gasteiger partial charge < -0.3 is 4.42 Å². The van der Waals surface area contributed by atoms with Gasteiger partial charge in [0, 0.05) is 11.8 Å². The van der Waals surface area contributed by atoms with Gasteiger partial charge in [-0.25, -0.2) is 9.50 Å². The summed E-state index contributed by atoms with van der Waals surface area (Å²) in [6.45, 7) is 0. The first-order chi connectivity index (χ1) is 12.4. The molecule has 130 valence electrons. The summed E-state index contributed by atoms with van der Waals surface area (Å²) in [7, 11) is 0. The van der Waals surface area contributed by atoms with Gasteiger partial charge >= 0.3 is 6.18 Å². The van der Waals surface area contributed by atoms with Crippen molar-refractivity contribution in [3.05, 3.63) is 78.0 Å². The van der Waals surface area contributed by atoms with Crippen molar-refractivity contribution in [2.45, 2.75) is 6.18 Å². The summed E-state index contributed by atoms with van der Waals surface area (Å²) in [5, 5.41) is 4.14. The lowest BCUT2D eigenvalue weighted by Gasteiger charge is -2.09. The van der Waals surface area contributed by atoms with E-state index >= 15 is 0 Å². The van der Waals surface area contributed by atoms with E-state index < -0.39 is 11.7 Å². The minimum atomic E-state index is -4.45. The fraction of sp³-hybridized carbons (Fsp3) is 0.0556. The number of rotatable bonds is 3. The lowest BCUT2D eigenvalue weighted by molar-refractivity contribution is -0.137. The normalized spacial score (nSPS) is 11.8. The zero-order valence-electron chi connectivity index (χ0n) is 13.1. The van der Waals surface area contributed by atoms with Crippen molar-refractivity contribution < 1.29 is 22.4 Å². The van der Waals surface area contributed by atoms with Crippen LogP contribution < -0.4 is 0 Å². The molecule has 0 aliphatic heterocycles. The van der Waals surface area contributed by atoms with Crippen LogP contribution in [0.15, 0.2) is 65.7 Å². The topological polar surface area (TPSA) is 60.4 Å². The fourth-order valence-corrected chi connectivity index (χ4v) is 2.67. The summed E-state index contributed by atoms with van der Waals surface area (Å²) in [5.41, 5.74) is 0.782. The van der Waals surface area contributed by atoms with Crippen LogP contribution >= 0.6 is 0 Å². The number of ketones is 1. The average molecular weight is 357 g/mol. The van der Waals surface area contributed by atoms with Crippen LogP contribution in [0.5, 0.6) is 0 Å². The predicted molar refractivity (Wildman–Crippen MR) is 85.6 cm³/mol. The number of halogens is 3. The quantitative estimate of drug-likeness (QED) is 0.515. The summed E-state index contributed by atoms with van der Waals surface area (Å²) in [6.07, 6.45) is 1.01. The molecule has 0 unspecified atom stereocenters. The van der Waals surface area contributed by atoms with E-state index in [2.05, 4.69) is 10.1 Å². The van der Waals surface area contributed by atoms with Crippen LogP contribution in [0, 0.1) is 0 Å². The third-order valence-corrected chi connectivity index (χ3v) is 3.91. The number of benzene rings is 1. The minimum Gasteiger partial charge on any atom is -0.472 e. The molecule has 0 fully saturated rings. The summed E-state index contributed by atoms with van der Waals surface area (Å²) in [4.78, 5) is 16.7. The first-order valence-corrected chi connectivity index (χ1v) is 7.52. The monoisotopic (exact) mass is 357 g/mol. The zero-order valence-corrected chi connectivity index (χ0v) is 13.1. The molecule has 5 nitrogen and oxygen atoms in total. The van der Waals surface area contributed by atoms with E-state index in [4.69, 9.17) is 4.42 Å². The fourth-order valence-electron chi connectivity index (χ4n) is 2.67. The molecule has 0 spiro atoms. The van der Waals surface area contributed by atoms with Gasteiger partial charge in [0.1, 0.15) is 6.26 Å². The molecule has 0 aliphatic rings. The Morgan fingerprint density at radius 2 is 2.00 bits per heavy atom. The Morgan fingerprint density at radius 3 is 2.73 bits per heavy atom. The Balaban J connectivity index is 1.85. The largest absolute Gasteiger partial charge is 0.472 e. The van der Waals surface area contributed by atoms with E-state index in [0.717, 1.165) is 12.1 Å². The number of nitrogens with zero attached hydrogens (tertiary/aromatic N) is 3. The number of furan rings is 1. The smallest absolute Gasteiger partial charge is 0.416 e. The average Bonchev–Trinajstić information content (AvgIpc) is 3.30. The van der Waals surface area contributed by atoms with Crippen LogP contribution in [0.2, 0.25) is 0 Å². The summed E-state index contributed by atoms with van der Waals surface area (Å²) in [6, 6.07) is 7.96. The van der Waals surface area contributed by atoms with E-state index in [1.54, 1.807) is 12.1 Å². The molecule has 8 heteroatoms. The van der Waals surface area contributed by atoms with Crippen molar-refractivity contribution in [1.29, 1.82) is 0 Å². The van der Waals surface area contributed by atoms with Gasteiger partial charge in [0.15, 0.2) is 5.65 Å². The molecule has 0 bridgehead atoms. The molecule has 0 N–H and O–H groups in total. The van der Waals surface area contributed by atoms with E-state index in [9.17, 15) is 18.0 Å². The minimum absolute atomic E-state index is 0.236. The Morgan fingerprint density at radius 1 is 1.15 bits per heavy atom. The molecule has 0 saturated heterocycles. The molecule has 0 aliphatic carbocycles. The number of carbonyl (C=O) groups excluding carboxylic acids is 1. The summed E-state index contributed by atoms with van der Waals surface area (Å²) < 4.78 is 45.2. The zero-order chi connectivity index (χ0) is 18.3. The van der Waals surface area contributed by atoms with Crippen molar-refractivity contribution in [2.24, 2.45) is 0 Å². The van der Waals surface area contributed by atoms with E-state index in [-0.39, 0.29) is 17.0 Å². The lowest BCUT2D eigenvalue weighted by Crippen LogP contribution is -2.05. The van der Waals surface area contributed by atoms with Crippen LogP contribution in [0.25, 0.3) is 16.9 Å². The van der Waals surface area contributed by atoms with Gasteiger partial charge in [-0.15, -0.1) is 0 Å². The second-order valence-corrected chi connectivity index (χ2v) is 5.54. The van der Waals surface area contributed by atoms with Crippen LogP contribution in [0.4, 0.5) is 13.2 Å². The second-order valence-electron chi connectivity index (χ2n) is 5.54. The molecule has 26 heavy (non-hydrogen) atoms. The Bertz CT molecular complexity index is 1100. The van der Waals surface area contributed by atoms with Gasteiger partial charge in [0.05, 0.1) is 34.8 Å². The van der Waals surface area contributed by atoms with Crippen molar-refractivity contribution >= 4 is 11.4 Å². The number of hydrogen-bond acceptors (Lipinski definition) is 4. The third kappa shape index (κ3) is 2.65. The van der Waals surface area contributed by atoms with Crippen LogP contribution in [0.3, 0.4) is 0 Å². The van der Waals surface area contributed by atoms with Gasteiger partial charge in [0.2, 0.25) is 5.78 Å². The van der Waals surface area contributed by atoms with Crippen LogP contribution in [-0.4, -0.2) is 20.4 Å². The highest BCUT2D eigenvalue weighted by Gasteiger charge is 2.30. The summed E-state index contributed by atoms with van der Waals surface area (Å²) in [5.74, 6) is -0.331. The van der Waals surface area contributed by atoms with Gasteiger partial charge in [-0.1, -0.05) is 12.1 Å². The highest BCUT2D eigenvalue weighted by molar-refractivity contribution is 6.12. The van der Waals surface area contributed by atoms with E-state index in [1.165, 1.54) is 41.6 Å². The third-order valence-electron chi connectivity index (χ3n) is 3.91. The van der Waals surface area contributed by atoms with Crippen molar-refractivity contribution in [3.8, 4) is 11.3 Å². The van der Waals surface area contributed by atoms with Gasteiger partial charge in [0.25, 0.3) is 0 Å². The van der Waals surface area contributed by atoms with Crippen molar-refractivity contribution in [1.82, 2.24) is 14.6 Å². The highest BCUT2D eigenvalue weighted by atomic mass is 19.4. The van der Waals surface area contributed by atoms with Gasteiger partial charge in [-0.2, -0.15) is 18.3 Å². The van der Waals surface area contributed by atoms with Gasteiger partial charge in [-0.3, -0.25) is 4.79 Å². The molecule has 0 saturated carbocycles. The number of fused-ring (bicyclic) bond motifs is 1. The van der Waals surface area contributed by atoms with Crippen molar-refractivity contribution in [3.63, 3.8) is 0 Å². The molecule has 4 aromatic rings. The molecule has 1 aromatic carbocycles. The lowest BCUT2D eigenvalue weighted by atomic mass is 10.1. The molecule has 3 aromatic heterocycles. The molecular weight excluding hydrogens is 347 g/mol. The van der Waals surface area contributed by atoms with E-state index in [0.29, 0.717) is 16.8 Å². The molecular formula is C18H10F3N3O2. The predicted octanol–water partition coefficient (Wildman–Crippen LogP) is 4.24.